The predicted octanol–water partition coefficient (Wildman–Crippen LogP) is 7.06. The smallest absolute Gasteiger partial charge is 0.317 e. The zero-order valence-electron chi connectivity index (χ0n) is 44.0. The molecule has 11 aromatic carbocycles. The number of nitrogens with zero attached hydrogens (tertiary/aromatic N) is 2. The first-order chi connectivity index (χ1) is 36.9. The van der Waals surface area contributed by atoms with Gasteiger partial charge < -0.3 is 9.80 Å². The van der Waals surface area contributed by atoms with E-state index in [1.807, 2.05) is 0 Å². The van der Waals surface area contributed by atoms with Crippen LogP contribution in [0.2, 0.25) is 0 Å². The summed E-state index contributed by atoms with van der Waals surface area (Å²) in [4.78, 5) is 4.75. The van der Waals surface area contributed by atoms with Crippen molar-refractivity contribution in [2.45, 2.75) is 13.1 Å². The Hall–Kier alpha value is -7.23. The van der Waals surface area contributed by atoms with Crippen molar-refractivity contribution in [3.63, 3.8) is 0 Å². The fourth-order valence-corrected chi connectivity index (χ4v) is 27.1. The van der Waals surface area contributed by atoms with Crippen molar-refractivity contribution < 1.29 is 17.1 Å². The molecule has 2 nitrogen and oxygen atoms in total. The van der Waals surface area contributed by atoms with Crippen LogP contribution in [0.15, 0.2) is 303 Å². The fourth-order valence-electron chi connectivity index (χ4n) is 12.1. The van der Waals surface area contributed by atoms with Crippen LogP contribution in [0.1, 0.15) is 11.1 Å². The van der Waals surface area contributed by atoms with Gasteiger partial charge in [0, 0.05) is 6.54 Å². The van der Waals surface area contributed by atoms with Crippen molar-refractivity contribution in [1.29, 1.82) is 0 Å². The maximum Gasteiger partial charge on any atom is 2.00 e. The Bertz CT molecular complexity index is 3000. The van der Waals surface area contributed by atoms with Crippen LogP contribution < -0.4 is 62.2 Å². The minimum absolute atomic E-state index is 0. The predicted molar refractivity (Wildman–Crippen MR) is 330 cm³/mol. The minimum Gasteiger partial charge on any atom is -0.317 e. The standard InChI is InChI=1S/C47H47N2Si2.C23H19Si.Fe/c1-48(2)36-44-45(37-49(3)4)47(51(41-29-17-8-18-30-41,42-31-19-9-20-32-42)43-33-21-10-22-34-43)35-46(44)50(38-23-11-5-12-24-38,39-25-13-6-14-26-39)40-27-15-7-16-28-40;1-4-12-20(13-5-1)24(23-18-10-11-19-23,21-14-6-2-7-15-21)22-16-8-3-9-17-22;/h5-35H,36-37H2,1-4H3;1-19H;/q2*-1;+2. The Morgan fingerprint density at radius 2 is 0.605 bits per heavy atom. The molecule has 0 atom stereocenters. The number of hydrogen-bond donors (Lipinski definition) is 0. The van der Waals surface area contributed by atoms with Crippen LogP contribution >= 0.6 is 0 Å². The first-order valence-corrected chi connectivity index (χ1v) is 32.2. The molecule has 0 N–H and O–H groups in total. The monoisotopic (exact) mass is 1070 g/mol. The summed E-state index contributed by atoms with van der Waals surface area (Å²) in [6.45, 7) is 1.70. The number of benzene rings is 9. The van der Waals surface area contributed by atoms with E-state index in [2.05, 4.69) is 341 Å². The second-order valence-electron chi connectivity index (χ2n) is 20.1. The zero-order chi connectivity index (χ0) is 51.5. The van der Waals surface area contributed by atoms with Gasteiger partial charge in [0.15, 0.2) is 8.07 Å². The van der Waals surface area contributed by atoms with Crippen molar-refractivity contribution in [1.82, 2.24) is 9.80 Å². The van der Waals surface area contributed by atoms with E-state index in [1.54, 1.807) is 0 Å². The summed E-state index contributed by atoms with van der Waals surface area (Å²) < 4.78 is 0. The Balaban J connectivity index is 0.000000235. The summed E-state index contributed by atoms with van der Waals surface area (Å²) in [6, 6.07) is 113. The van der Waals surface area contributed by atoms with E-state index in [-0.39, 0.29) is 17.1 Å². The summed E-state index contributed by atoms with van der Waals surface area (Å²) in [5, 5.41) is 17.1. The molecule has 6 heteroatoms. The van der Waals surface area contributed by atoms with Crippen LogP contribution in [0.3, 0.4) is 0 Å². The molecule has 0 radical (unpaired) electrons. The second kappa shape index (κ2) is 24.6. The van der Waals surface area contributed by atoms with E-state index in [0.717, 1.165) is 13.1 Å². The van der Waals surface area contributed by atoms with Gasteiger partial charge in [-0.25, -0.2) is 12.1 Å². The van der Waals surface area contributed by atoms with Crippen LogP contribution in [0, 0.1) is 0 Å². The summed E-state index contributed by atoms with van der Waals surface area (Å²) in [7, 11) is 0.898. The van der Waals surface area contributed by atoms with Gasteiger partial charge in [-0.1, -0.05) is 304 Å². The molecule has 11 rings (SSSR count). The summed E-state index contributed by atoms with van der Waals surface area (Å²) >= 11 is 0. The summed E-state index contributed by atoms with van der Waals surface area (Å²) in [5.74, 6) is 0. The van der Waals surface area contributed by atoms with Gasteiger partial charge in [-0.3, -0.25) is 0 Å². The quantitative estimate of drug-likeness (QED) is 0.0582. The summed E-state index contributed by atoms with van der Waals surface area (Å²) in [5.41, 5.74) is 2.93. The number of rotatable bonds is 16. The fraction of sp³-hybridized carbons (Fsp3) is 0.0857. The van der Waals surface area contributed by atoms with E-state index >= 15 is 0 Å². The van der Waals surface area contributed by atoms with E-state index in [1.165, 1.54) is 73.4 Å². The molecule has 0 unspecified atom stereocenters. The zero-order valence-corrected chi connectivity index (χ0v) is 48.1. The molecule has 76 heavy (non-hydrogen) atoms. The maximum atomic E-state index is 2.72. The third kappa shape index (κ3) is 10.3. The van der Waals surface area contributed by atoms with Crippen LogP contribution in [0.4, 0.5) is 0 Å². The molecule has 0 heterocycles. The Kier molecular flexibility index (Phi) is 17.4. The molecule has 0 aliphatic heterocycles. The molecule has 0 fully saturated rings. The maximum absolute atomic E-state index is 2.88. The largest absolute Gasteiger partial charge is 2.00 e. The Morgan fingerprint density at radius 3 is 0.868 bits per heavy atom. The molecule has 0 bridgehead atoms. The molecule has 0 aliphatic rings. The number of hydrogen-bond acceptors (Lipinski definition) is 2. The van der Waals surface area contributed by atoms with Gasteiger partial charge in [0.1, 0.15) is 16.1 Å². The first-order valence-electron chi connectivity index (χ1n) is 26.2. The van der Waals surface area contributed by atoms with Crippen molar-refractivity contribution >= 4 is 86.5 Å². The minimum atomic E-state index is -2.88. The van der Waals surface area contributed by atoms with Crippen LogP contribution in [0.5, 0.6) is 0 Å². The van der Waals surface area contributed by atoms with E-state index in [9.17, 15) is 0 Å². The van der Waals surface area contributed by atoms with Crippen LogP contribution in [-0.4, -0.2) is 62.2 Å². The van der Waals surface area contributed by atoms with Gasteiger partial charge in [-0.2, -0.15) is 34.1 Å². The van der Waals surface area contributed by atoms with Gasteiger partial charge in [0.05, 0.1) is 0 Å². The van der Waals surface area contributed by atoms with Gasteiger partial charge in [0.25, 0.3) is 0 Å². The SMILES string of the molecule is CN(C)Cc1c([Si](c2ccccc2)(c2ccccc2)c2ccccc2)c[c-]([Si](c2ccccc2)(c2ccccc2)c2ccccc2)c1CN(C)C.[Fe+2].c1ccc([Si](c2ccccc2)(c2ccccc2)c2ccc[cH-]2)cc1. The topological polar surface area (TPSA) is 6.48 Å². The molecular formula is C70H66FeN2Si3. The molecule has 0 aromatic heterocycles. The normalized spacial score (nSPS) is 11.7. The Labute approximate surface area is 465 Å². The van der Waals surface area contributed by atoms with E-state index < -0.39 is 24.2 Å². The molecule has 0 amide bonds. The van der Waals surface area contributed by atoms with Crippen molar-refractivity contribution in [2.24, 2.45) is 0 Å². The van der Waals surface area contributed by atoms with Crippen LogP contribution in [-0.2, 0) is 30.2 Å². The van der Waals surface area contributed by atoms with Crippen LogP contribution in [0.25, 0.3) is 0 Å². The second-order valence-corrected chi connectivity index (χ2v) is 31.5. The average Bonchev–Trinajstić information content (AvgIpc) is 4.15. The molecule has 376 valence electrons. The third-order valence-electron chi connectivity index (χ3n) is 15.0. The van der Waals surface area contributed by atoms with E-state index in [4.69, 9.17) is 0 Å². The van der Waals surface area contributed by atoms with Gasteiger partial charge in [0.2, 0.25) is 0 Å². The van der Waals surface area contributed by atoms with Gasteiger partial charge in [-0.05, 0) is 50.3 Å². The summed E-state index contributed by atoms with van der Waals surface area (Å²) in [6.07, 6.45) is 0. The third-order valence-corrected chi connectivity index (χ3v) is 29.5. The van der Waals surface area contributed by atoms with Gasteiger partial charge >= 0.3 is 17.1 Å². The molecule has 0 saturated heterocycles. The average molecular weight is 1080 g/mol. The first kappa shape index (κ1) is 53.6. The van der Waals surface area contributed by atoms with Crippen molar-refractivity contribution in [2.75, 3.05) is 28.2 Å². The molecule has 0 aliphatic carbocycles. The molecule has 0 spiro atoms. The van der Waals surface area contributed by atoms with E-state index in [0.29, 0.717) is 0 Å². The molecule has 0 saturated carbocycles. The van der Waals surface area contributed by atoms with Crippen molar-refractivity contribution in [3.05, 3.63) is 314 Å². The molecular weight excluding hydrogens is 1010 g/mol. The van der Waals surface area contributed by atoms with Gasteiger partial charge in [-0.15, -0.1) is 10.8 Å². The molecule has 11 aromatic rings. The van der Waals surface area contributed by atoms with Crippen molar-refractivity contribution in [3.8, 4) is 0 Å². The Morgan fingerprint density at radius 1 is 0.329 bits per heavy atom.